The van der Waals surface area contributed by atoms with Crippen LogP contribution in [0.25, 0.3) is 0 Å². The number of benzene rings is 2. The number of carboxylic acids is 2. The number of aromatic hydroxyl groups is 2. The van der Waals surface area contributed by atoms with Crippen LogP contribution < -0.4 is 0 Å². The molecule has 0 heterocycles. The largest absolute Gasteiger partial charge is 0.507 e. The Bertz CT molecular complexity index is 1710. The molecule has 2 unspecified atom stereocenters. The minimum Gasteiger partial charge on any atom is -0.507 e. The number of hydrogen-bond acceptors (Lipinski definition) is 8. The molecule has 2 aromatic carbocycles. The zero-order chi connectivity index (χ0) is 46.1. The summed E-state index contributed by atoms with van der Waals surface area (Å²) in [4.78, 5) is 33.5. The fourth-order valence-corrected chi connectivity index (χ4v) is 8.09. The van der Waals surface area contributed by atoms with E-state index in [2.05, 4.69) is 124 Å². The zero-order valence-electron chi connectivity index (χ0n) is 40.7. The van der Waals surface area contributed by atoms with Gasteiger partial charge in [0, 0.05) is 45.9 Å². The van der Waals surface area contributed by atoms with E-state index < -0.39 is 11.9 Å². The number of phenolic OH excluding ortho intramolecular Hbond substituents is 2. The fourth-order valence-electron chi connectivity index (χ4n) is 8.09. The maximum absolute atomic E-state index is 11.7. The van der Waals surface area contributed by atoms with E-state index in [4.69, 9.17) is 29.8 Å². The monoisotopic (exact) mass is 908 g/mol. The Morgan fingerprint density at radius 1 is 0.677 bits per heavy atom. The van der Waals surface area contributed by atoms with Crippen molar-refractivity contribution < 1.29 is 46.8 Å². The molecule has 0 bridgehead atoms. The number of nitrogens with zero attached hydrogens (tertiary/aromatic N) is 4. The van der Waals surface area contributed by atoms with Crippen LogP contribution in [0.2, 0.25) is 0 Å². The van der Waals surface area contributed by atoms with Crippen molar-refractivity contribution in [2.75, 3.05) is 40.3 Å². The zero-order valence-corrected chi connectivity index (χ0v) is 41.8. The molecule has 0 spiro atoms. The number of rotatable bonds is 20. The van der Waals surface area contributed by atoms with Crippen LogP contribution in [-0.2, 0) is 42.6 Å². The SMILES string of the molecule is CCCCN(C)CCCC(C)(CCCN(C)CCCC)c1cc(C=NC2CCCCC2N=Cc2cc(C(C)(C)C)cc(C(C)(C)C)c2O)c(O)c(C(C)C)c1.O=C(O)C(=O)O.[Co]. The Labute approximate surface area is 386 Å². The first-order valence-corrected chi connectivity index (χ1v) is 23.1. The minimum atomic E-state index is -1.82. The van der Waals surface area contributed by atoms with Gasteiger partial charge in [-0.05, 0) is 143 Å². The topological polar surface area (TPSA) is 146 Å². The number of hydrogen-bond donors (Lipinski definition) is 4. The van der Waals surface area contributed by atoms with E-state index >= 15 is 0 Å². The molecular formula is C51H84CoN4O6. The first kappa shape index (κ1) is 56.8. The van der Waals surface area contributed by atoms with Gasteiger partial charge in [-0.3, -0.25) is 9.98 Å². The van der Waals surface area contributed by atoms with Gasteiger partial charge < -0.3 is 30.2 Å². The number of aliphatic imine (C=N–C) groups is 2. The molecule has 11 heteroatoms. The molecule has 353 valence electrons. The van der Waals surface area contributed by atoms with Crippen LogP contribution in [0.4, 0.5) is 0 Å². The van der Waals surface area contributed by atoms with E-state index in [9.17, 15) is 10.2 Å². The second-order valence-electron chi connectivity index (χ2n) is 20.3. The third kappa shape index (κ3) is 18.5. The Balaban J connectivity index is 0.00000255. The average molecular weight is 908 g/mol. The summed E-state index contributed by atoms with van der Waals surface area (Å²) in [6.45, 7) is 29.0. The van der Waals surface area contributed by atoms with Gasteiger partial charge in [0.2, 0.25) is 0 Å². The van der Waals surface area contributed by atoms with Crippen molar-refractivity contribution in [3.05, 3.63) is 57.6 Å². The Morgan fingerprint density at radius 2 is 1.10 bits per heavy atom. The van der Waals surface area contributed by atoms with Crippen LogP contribution in [0.3, 0.4) is 0 Å². The summed E-state index contributed by atoms with van der Waals surface area (Å²) in [5.74, 6) is -2.77. The summed E-state index contributed by atoms with van der Waals surface area (Å²) in [7, 11) is 4.53. The van der Waals surface area contributed by atoms with Gasteiger partial charge in [0.05, 0.1) is 12.1 Å². The molecule has 1 saturated carbocycles. The summed E-state index contributed by atoms with van der Waals surface area (Å²) in [6, 6.07) is 8.86. The summed E-state index contributed by atoms with van der Waals surface area (Å²) < 4.78 is 0. The minimum absolute atomic E-state index is 0. The average Bonchev–Trinajstić information content (AvgIpc) is 3.17. The molecule has 1 radical (unpaired) electrons. The third-order valence-corrected chi connectivity index (χ3v) is 12.3. The van der Waals surface area contributed by atoms with Crippen LogP contribution in [0.15, 0.2) is 34.3 Å². The van der Waals surface area contributed by atoms with Gasteiger partial charge in [-0.15, -0.1) is 0 Å². The van der Waals surface area contributed by atoms with Crippen molar-refractivity contribution in [3.63, 3.8) is 0 Å². The van der Waals surface area contributed by atoms with Gasteiger partial charge in [0.1, 0.15) is 11.5 Å². The van der Waals surface area contributed by atoms with Crippen LogP contribution in [0.5, 0.6) is 11.5 Å². The number of phenols is 2. The van der Waals surface area contributed by atoms with Crippen LogP contribution in [-0.4, -0.2) is 107 Å². The van der Waals surface area contributed by atoms with E-state index in [1.165, 1.54) is 36.8 Å². The van der Waals surface area contributed by atoms with E-state index in [1.807, 2.05) is 12.4 Å². The van der Waals surface area contributed by atoms with Gasteiger partial charge in [0.25, 0.3) is 0 Å². The van der Waals surface area contributed by atoms with Gasteiger partial charge >= 0.3 is 11.9 Å². The predicted octanol–water partition coefficient (Wildman–Crippen LogP) is 11.1. The van der Waals surface area contributed by atoms with Gasteiger partial charge in [0.15, 0.2) is 0 Å². The summed E-state index contributed by atoms with van der Waals surface area (Å²) in [5.41, 5.74) is 5.84. The molecule has 0 saturated heterocycles. The van der Waals surface area contributed by atoms with Crippen LogP contribution in [0.1, 0.15) is 193 Å². The maximum Gasteiger partial charge on any atom is 0.414 e. The Kier molecular flexibility index (Phi) is 24.3. The molecular weight excluding hydrogens is 824 g/mol. The molecule has 0 aliphatic heterocycles. The van der Waals surface area contributed by atoms with Gasteiger partial charge in [-0.25, -0.2) is 9.59 Å². The van der Waals surface area contributed by atoms with E-state index in [-0.39, 0.29) is 51.0 Å². The molecule has 3 rings (SSSR count). The molecule has 0 amide bonds. The van der Waals surface area contributed by atoms with E-state index in [1.54, 1.807) is 0 Å². The van der Waals surface area contributed by atoms with E-state index in [0.29, 0.717) is 11.5 Å². The van der Waals surface area contributed by atoms with Crippen LogP contribution in [0, 0.1) is 0 Å². The number of carboxylic acid groups (broad SMARTS) is 2. The molecule has 2 atom stereocenters. The number of unbranched alkanes of at least 4 members (excludes halogenated alkanes) is 2. The second kappa shape index (κ2) is 26.5. The summed E-state index contributed by atoms with van der Waals surface area (Å²) >= 11 is 0. The van der Waals surface area contributed by atoms with Crippen molar-refractivity contribution >= 4 is 24.4 Å². The Hall–Kier alpha value is -3.25. The maximum atomic E-state index is 11.7. The van der Waals surface area contributed by atoms with Crippen molar-refractivity contribution in [1.82, 2.24) is 9.80 Å². The quantitative estimate of drug-likeness (QED) is 0.0759. The standard InChI is InChI=1S/C49H82N4O2.C2H2O4.Co/c1-14-16-26-52(12)28-20-24-49(11,25-21-29-53(13)27-17-15-2)40-31-37(45(54)41(32-40)36(3)4)34-50-43-22-18-19-23-44(43)51-35-38-30-39(47(5,6)7)33-42(46(38)55)48(8,9)10;3-1(4)2(5)6;/h30-36,43-44,54-55H,14-29H2,1-13H3;(H,3,4)(H,5,6);. The number of carbonyl (C=O) groups is 2. The smallest absolute Gasteiger partial charge is 0.414 e. The first-order chi connectivity index (χ1) is 28.4. The molecule has 2 aromatic rings. The molecule has 62 heavy (non-hydrogen) atoms. The number of aliphatic carboxylic acids is 2. The second-order valence-corrected chi connectivity index (χ2v) is 20.3. The van der Waals surface area contributed by atoms with Crippen molar-refractivity contribution in [1.29, 1.82) is 0 Å². The molecule has 1 fully saturated rings. The van der Waals surface area contributed by atoms with Crippen molar-refractivity contribution in [3.8, 4) is 11.5 Å². The van der Waals surface area contributed by atoms with E-state index in [0.717, 1.165) is 99.8 Å². The first-order valence-electron chi connectivity index (χ1n) is 23.1. The molecule has 0 aromatic heterocycles. The fraction of sp³-hybridized carbons (Fsp3) is 0.686. The molecule has 10 nitrogen and oxygen atoms in total. The summed E-state index contributed by atoms with van der Waals surface area (Å²) in [5, 5.41) is 37.9. The summed E-state index contributed by atoms with van der Waals surface area (Å²) in [6.07, 6.45) is 17.5. The third-order valence-electron chi connectivity index (χ3n) is 12.3. The Morgan fingerprint density at radius 3 is 1.48 bits per heavy atom. The van der Waals surface area contributed by atoms with Gasteiger partial charge in [-0.1, -0.05) is 114 Å². The van der Waals surface area contributed by atoms with Crippen molar-refractivity contribution in [2.24, 2.45) is 9.98 Å². The molecule has 4 N–H and O–H groups in total. The predicted molar refractivity (Wildman–Crippen MR) is 255 cm³/mol. The molecule has 1 aliphatic carbocycles. The van der Waals surface area contributed by atoms with Crippen LogP contribution >= 0.6 is 0 Å². The van der Waals surface area contributed by atoms with Gasteiger partial charge in [-0.2, -0.15) is 0 Å². The normalized spacial score (nSPS) is 16.3. The van der Waals surface area contributed by atoms with Crippen molar-refractivity contribution in [2.45, 2.75) is 187 Å². The molecule has 1 aliphatic rings.